The number of aliphatic imine (C=N–C) groups is 1. The highest BCUT2D eigenvalue weighted by Gasteiger charge is 2.04. The Morgan fingerprint density at radius 3 is 3.00 bits per heavy atom. The fraction of sp³-hybridized carbons (Fsp3) is 0.400. The number of hydrazine groups is 1. The summed E-state index contributed by atoms with van der Waals surface area (Å²) in [6, 6.07) is 3.83. The minimum atomic E-state index is 0.706. The molecule has 1 aromatic rings. The number of amidine groups is 1. The highest BCUT2D eigenvalue weighted by molar-refractivity contribution is 5.99. The van der Waals surface area contributed by atoms with Gasteiger partial charge in [-0.05, 0) is 25.5 Å². The van der Waals surface area contributed by atoms with E-state index in [9.17, 15) is 0 Å². The van der Waals surface area contributed by atoms with E-state index in [-0.39, 0.29) is 0 Å². The van der Waals surface area contributed by atoms with Crippen molar-refractivity contribution in [1.29, 1.82) is 0 Å². The van der Waals surface area contributed by atoms with Gasteiger partial charge in [0.05, 0.1) is 0 Å². The van der Waals surface area contributed by atoms with E-state index in [4.69, 9.17) is 5.84 Å². The molecule has 0 atom stereocenters. The minimum Gasteiger partial charge on any atom is -0.308 e. The molecule has 0 aliphatic heterocycles. The van der Waals surface area contributed by atoms with Crippen molar-refractivity contribution in [2.24, 2.45) is 10.8 Å². The van der Waals surface area contributed by atoms with Crippen LogP contribution in [0.25, 0.3) is 0 Å². The number of rotatable bonds is 3. The van der Waals surface area contributed by atoms with Crippen LogP contribution in [0.4, 0.5) is 0 Å². The van der Waals surface area contributed by atoms with E-state index >= 15 is 0 Å². The Kier molecular flexibility index (Phi) is 4.07. The lowest BCUT2D eigenvalue weighted by Gasteiger charge is -2.07. The van der Waals surface area contributed by atoms with Gasteiger partial charge in [-0.2, -0.15) is 0 Å². The van der Waals surface area contributed by atoms with E-state index in [1.807, 2.05) is 19.1 Å². The number of pyridine rings is 1. The van der Waals surface area contributed by atoms with Gasteiger partial charge < -0.3 is 5.43 Å². The van der Waals surface area contributed by atoms with E-state index in [0.29, 0.717) is 5.84 Å². The third-order valence-corrected chi connectivity index (χ3v) is 1.89. The van der Waals surface area contributed by atoms with Crippen LogP contribution in [0.5, 0.6) is 0 Å². The Balaban J connectivity index is 2.95. The van der Waals surface area contributed by atoms with Crippen LogP contribution in [0, 0.1) is 6.92 Å². The van der Waals surface area contributed by atoms with Gasteiger partial charge in [-0.15, -0.1) is 0 Å². The molecule has 4 heteroatoms. The fourth-order valence-corrected chi connectivity index (χ4v) is 1.17. The number of nitrogens with two attached hydrogens (primary N) is 1. The SMILES string of the molecule is CCCN=C(NN)c1cccnc1C. The summed E-state index contributed by atoms with van der Waals surface area (Å²) in [7, 11) is 0. The van der Waals surface area contributed by atoms with Gasteiger partial charge in [0.2, 0.25) is 0 Å². The molecule has 0 radical (unpaired) electrons. The average molecular weight is 192 g/mol. The molecule has 0 bridgehead atoms. The first-order valence-electron chi connectivity index (χ1n) is 4.72. The lowest BCUT2D eigenvalue weighted by atomic mass is 10.2. The normalized spacial score (nSPS) is 11.5. The fourth-order valence-electron chi connectivity index (χ4n) is 1.17. The summed E-state index contributed by atoms with van der Waals surface area (Å²) in [6.07, 6.45) is 2.76. The summed E-state index contributed by atoms with van der Waals surface area (Å²) in [5.74, 6) is 6.11. The molecule has 1 rings (SSSR count). The zero-order chi connectivity index (χ0) is 10.4. The van der Waals surface area contributed by atoms with Crippen LogP contribution in [0.15, 0.2) is 23.3 Å². The molecule has 1 aromatic heterocycles. The van der Waals surface area contributed by atoms with E-state index < -0.39 is 0 Å². The quantitative estimate of drug-likeness (QED) is 0.325. The molecule has 76 valence electrons. The zero-order valence-corrected chi connectivity index (χ0v) is 8.62. The molecule has 0 unspecified atom stereocenters. The lowest BCUT2D eigenvalue weighted by molar-refractivity contribution is 0.905. The zero-order valence-electron chi connectivity index (χ0n) is 8.62. The van der Waals surface area contributed by atoms with E-state index in [0.717, 1.165) is 24.2 Å². The number of aryl methyl sites for hydroxylation is 1. The van der Waals surface area contributed by atoms with Gasteiger partial charge in [0.1, 0.15) is 5.84 Å². The molecule has 0 saturated carbocycles. The Labute approximate surface area is 84.2 Å². The minimum absolute atomic E-state index is 0.706. The predicted octanol–water partition coefficient (Wildman–Crippen LogP) is 1.01. The van der Waals surface area contributed by atoms with Crippen molar-refractivity contribution >= 4 is 5.84 Å². The standard InChI is InChI=1S/C10H16N4/c1-3-6-13-10(14-11)9-5-4-7-12-8(9)2/h4-5,7H,3,6,11H2,1-2H3,(H,13,14). The number of nitrogens with zero attached hydrogens (tertiary/aromatic N) is 2. The van der Waals surface area contributed by atoms with Crippen molar-refractivity contribution in [3.8, 4) is 0 Å². The smallest absolute Gasteiger partial charge is 0.144 e. The first-order chi connectivity index (χ1) is 6.79. The van der Waals surface area contributed by atoms with Crippen molar-refractivity contribution < 1.29 is 0 Å². The molecule has 0 aliphatic rings. The Hall–Kier alpha value is -1.42. The maximum atomic E-state index is 5.41. The largest absolute Gasteiger partial charge is 0.308 e. The van der Waals surface area contributed by atoms with Crippen LogP contribution >= 0.6 is 0 Å². The molecule has 0 spiro atoms. The number of nitrogens with one attached hydrogen (secondary N) is 1. The number of hydrogen-bond donors (Lipinski definition) is 2. The summed E-state index contributed by atoms with van der Waals surface area (Å²) in [4.78, 5) is 8.51. The average Bonchev–Trinajstić information content (AvgIpc) is 2.21. The van der Waals surface area contributed by atoms with Gasteiger partial charge >= 0.3 is 0 Å². The second-order valence-electron chi connectivity index (χ2n) is 3.01. The summed E-state index contributed by atoms with van der Waals surface area (Å²) < 4.78 is 0. The summed E-state index contributed by atoms with van der Waals surface area (Å²) in [5.41, 5.74) is 4.50. The first-order valence-corrected chi connectivity index (χ1v) is 4.72. The Bertz CT molecular complexity index is 320. The highest BCUT2D eigenvalue weighted by atomic mass is 15.2. The number of hydrogen-bond acceptors (Lipinski definition) is 3. The molecule has 0 saturated heterocycles. The van der Waals surface area contributed by atoms with Crippen molar-refractivity contribution in [2.45, 2.75) is 20.3 Å². The van der Waals surface area contributed by atoms with Crippen LogP contribution in [0.3, 0.4) is 0 Å². The second-order valence-corrected chi connectivity index (χ2v) is 3.01. The highest BCUT2D eigenvalue weighted by Crippen LogP contribution is 2.03. The molecule has 14 heavy (non-hydrogen) atoms. The van der Waals surface area contributed by atoms with Crippen LogP contribution in [-0.4, -0.2) is 17.4 Å². The molecule has 0 aromatic carbocycles. The van der Waals surface area contributed by atoms with Gasteiger partial charge in [0.15, 0.2) is 0 Å². The van der Waals surface area contributed by atoms with Crippen molar-refractivity contribution in [3.05, 3.63) is 29.6 Å². The van der Waals surface area contributed by atoms with Crippen LogP contribution in [0.2, 0.25) is 0 Å². The third kappa shape index (κ3) is 2.53. The molecular formula is C10H16N4. The monoisotopic (exact) mass is 192 g/mol. The summed E-state index contributed by atoms with van der Waals surface area (Å²) in [6.45, 7) is 4.79. The van der Waals surface area contributed by atoms with E-state index in [2.05, 4.69) is 22.3 Å². The van der Waals surface area contributed by atoms with Gasteiger partial charge in [0.25, 0.3) is 0 Å². The predicted molar refractivity (Wildman–Crippen MR) is 58.0 cm³/mol. The third-order valence-electron chi connectivity index (χ3n) is 1.89. The lowest BCUT2D eigenvalue weighted by Crippen LogP contribution is -2.32. The summed E-state index contributed by atoms with van der Waals surface area (Å²) in [5, 5.41) is 0. The molecule has 1 heterocycles. The van der Waals surface area contributed by atoms with Gasteiger partial charge in [-0.25, -0.2) is 5.84 Å². The molecular weight excluding hydrogens is 176 g/mol. The van der Waals surface area contributed by atoms with E-state index in [1.165, 1.54) is 0 Å². The molecule has 4 nitrogen and oxygen atoms in total. The van der Waals surface area contributed by atoms with Crippen LogP contribution in [-0.2, 0) is 0 Å². The van der Waals surface area contributed by atoms with Crippen molar-refractivity contribution in [2.75, 3.05) is 6.54 Å². The second kappa shape index (κ2) is 5.34. The van der Waals surface area contributed by atoms with Gasteiger partial charge in [-0.3, -0.25) is 9.98 Å². The van der Waals surface area contributed by atoms with Crippen molar-refractivity contribution in [1.82, 2.24) is 10.4 Å². The topological polar surface area (TPSA) is 63.3 Å². The van der Waals surface area contributed by atoms with Crippen LogP contribution < -0.4 is 11.3 Å². The van der Waals surface area contributed by atoms with Crippen molar-refractivity contribution in [3.63, 3.8) is 0 Å². The van der Waals surface area contributed by atoms with E-state index in [1.54, 1.807) is 6.20 Å². The number of aromatic nitrogens is 1. The first kappa shape index (κ1) is 10.7. The molecule has 0 amide bonds. The van der Waals surface area contributed by atoms with Crippen LogP contribution in [0.1, 0.15) is 24.6 Å². The maximum absolute atomic E-state index is 5.41. The van der Waals surface area contributed by atoms with Gasteiger partial charge in [0, 0.05) is 24.0 Å². The molecule has 3 N–H and O–H groups in total. The molecule has 0 aliphatic carbocycles. The summed E-state index contributed by atoms with van der Waals surface area (Å²) >= 11 is 0. The maximum Gasteiger partial charge on any atom is 0.144 e. The Morgan fingerprint density at radius 1 is 1.64 bits per heavy atom. The van der Waals surface area contributed by atoms with Gasteiger partial charge in [-0.1, -0.05) is 6.92 Å². The molecule has 0 fully saturated rings. The Morgan fingerprint density at radius 2 is 2.43 bits per heavy atom.